The minimum atomic E-state index is 0.0354. The molecule has 140 valence electrons. The van der Waals surface area contributed by atoms with Gasteiger partial charge in [-0.25, -0.2) is 0 Å². The number of aryl methyl sites for hydroxylation is 1. The van der Waals surface area contributed by atoms with Gasteiger partial charge < -0.3 is 14.6 Å². The topological polar surface area (TPSA) is 45.3 Å². The van der Waals surface area contributed by atoms with Gasteiger partial charge in [0, 0.05) is 43.0 Å². The summed E-state index contributed by atoms with van der Waals surface area (Å²) in [6.45, 7) is 4.37. The predicted molar refractivity (Wildman–Crippen MR) is 104 cm³/mol. The highest BCUT2D eigenvalue weighted by molar-refractivity contribution is 5.84. The first kappa shape index (κ1) is 17.7. The molecule has 0 bridgehead atoms. The van der Waals surface area contributed by atoms with Crippen LogP contribution in [0, 0.1) is 5.92 Å². The van der Waals surface area contributed by atoms with Crippen molar-refractivity contribution in [1.29, 1.82) is 0 Å². The number of nitrogens with zero attached hydrogens (tertiary/aromatic N) is 1. The number of carbonyl (C=O) groups is 1. The molecule has 2 unspecified atom stereocenters. The van der Waals surface area contributed by atoms with E-state index in [1.165, 1.54) is 10.9 Å². The minimum absolute atomic E-state index is 0.0354. The SMILES string of the molecule is CC1OC2(CCN(C)CC2)CC1CC(=O)CCc1c[nH]c2ccccc12. The summed E-state index contributed by atoms with van der Waals surface area (Å²) in [5.74, 6) is 0.759. The Morgan fingerprint density at radius 2 is 2.08 bits per heavy atom. The Labute approximate surface area is 155 Å². The number of fused-ring (bicyclic) bond motifs is 1. The van der Waals surface area contributed by atoms with E-state index >= 15 is 0 Å². The zero-order chi connectivity index (χ0) is 18.1. The maximum atomic E-state index is 12.6. The maximum Gasteiger partial charge on any atom is 0.133 e. The molecule has 1 aromatic heterocycles. The summed E-state index contributed by atoms with van der Waals surface area (Å²) in [6.07, 6.45) is 7.63. The van der Waals surface area contributed by atoms with Crippen molar-refractivity contribution in [3.05, 3.63) is 36.0 Å². The van der Waals surface area contributed by atoms with Crippen molar-refractivity contribution in [2.75, 3.05) is 20.1 Å². The van der Waals surface area contributed by atoms with Crippen LogP contribution in [0.1, 0.15) is 44.6 Å². The van der Waals surface area contributed by atoms with E-state index in [-0.39, 0.29) is 11.7 Å². The highest BCUT2D eigenvalue weighted by Crippen LogP contribution is 2.43. The molecular formula is C22H30N2O2. The van der Waals surface area contributed by atoms with E-state index in [0.29, 0.717) is 24.5 Å². The predicted octanol–water partition coefficient (Wildman–Crippen LogP) is 3.95. The molecule has 1 N–H and O–H groups in total. The summed E-state index contributed by atoms with van der Waals surface area (Å²) < 4.78 is 6.38. The van der Waals surface area contributed by atoms with Gasteiger partial charge in [-0.3, -0.25) is 4.79 Å². The Morgan fingerprint density at radius 3 is 2.88 bits per heavy atom. The maximum absolute atomic E-state index is 12.6. The van der Waals surface area contributed by atoms with E-state index in [4.69, 9.17) is 4.74 Å². The normalized spacial score (nSPS) is 25.9. The Hall–Kier alpha value is -1.65. The van der Waals surface area contributed by atoms with E-state index in [9.17, 15) is 4.79 Å². The quantitative estimate of drug-likeness (QED) is 0.884. The van der Waals surface area contributed by atoms with Crippen molar-refractivity contribution in [2.24, 2.45) is 5.92 Å². The third-order valence-electron chi connectivity index (χ3n) is 6.47. The van der Waals surface area contributed by atoms with Crippen LogP contribution in [0.4, 0.5) is 0 Å². The first-order valence-corrected chi connectivity index (χ1v) is 9.98. The van der Waals surface area contributed by atoms with Gasteiger partial charge in [0.15, 0.2) is 0 Å². The third-order valence-corrected chi connectivity index (χ3v) is 6.47. The van der Waals surface area contributed by atoms with Crippen LogP contribution < -0.4 is 0 Å². The molecule has 3 heterocycles. The van der Waals surface area contributed by atoms with E-state index in [2.05, 4.69) is 42.1 Å². The van der Waals surface area contributed by atoms with Crippen LogP contribution in [0.3, 0.4) is 0 Å². The van der Waals surface area contributed by atoms with Gasteiger partial charge in [0.05, 0.1) is 11.7 Å². The second-order valence-electron chi connectivity index (χ2n) is 8.38. The van der Waals surface area contributed by atoms with E-state index in [1.54, 1.807) is 0 Å². The number of aromatic nitrogens is 1. The molecule has 4 rings (SSSR count). The van der Waals surface area contributed by atoms with Gasteiger partial charge in [0.25, 0.3) is 0 Å². The Kier molecular flexibility index (Phi) is 4.89. The molecule has 4 nitrogen and oxygen atoms in total. The fourth-order valence-electron chi connectivity index (χ4n) is 4.78. The molecule has 0 saturated carbocycles. The van der Waals surface area contributed by atoms with E-state index < -0.39 is 0 Å². The van der Waals surface area contributed by atoms with Crippen molar-refractivity contribution >= 4 is 16.7 Å². The van der Waals surface area contributed by atoms with Crippen LogP contribution >= 0.6 is 0 Å². The molecule has 4 heteroatoms. The Bertz CT molecular complexity index is 773. The van der Waals surface area contributed by atoms with Crippen molar-refractivity contribution < 1.29 is 9.53 Å². The number of ketones is 1. The molecule has 26 heavy (non-hydrogen) atoms. The number of benzene rings is 1. The number of piperidine rings is 1. The number of carbonyl (C=O) groups excluding carboxylic acids is 1. The average molecular weight is 354 g/mol. The van der Waals surface area contributed by atoms with Crippen LogP contribution in [-0.4, -0.2) is 47.5 Å². The van der Waals surface area contributed by atoms with E-state index in [0.717, 1.165) is 44.3 Å². The van der Waals surface area contributed by atoms with Gasteiger partial charge in [0.1, 0.15) is 5.78 Å². The second kappa shape index (κ2) is 7.16. The highest BCUT2D eigenvalue weighted by atomic mass is 16.5. The number of aromatic amines is 1. The minimum Gasteiger partial charge on any atom is -0.372 e. The molecule has 2 atom stereocenters. The fraction of sp³-hybridized carbons (Fsp3) is 0.591. The van der Waals surface area contributed by atoms with Crippen molar-refractivity contribution in [1.82, 2.24) is 9.88 Å². The van der Waals surface area contributed by atoms with Gasteiger partial charge in [-0.1, -0.05) is 18.2 Å². The smallest absolute Gasteiger partial charge is 0.133 e. The molecular weight excluding hydrogens is 324 g/mol. The van der Waals surface area contributed by atoms with Crippen LogP contribution in [0.2, 0.25) is 0 Å². The lowest BCUT2D eigenvalue weighted by molar-refractivity contribution is -0.120. The number of H-pyrrole nitrogens is 1. The molecule has 2 aliphatic rings. The van der Waals surface area contributed by atoms with Crippen molar-refractivity contribution in [2.45, 2.75) is 57.2 Å². The van der Waals surface area contributed by atoms with Crippen LogP contribution in [0.15, 0.2) is 30.5 Å². The largest absolute Gasteiger partial charge is 0.372 e. The first-order chi connectivity index (χ1) is 12.5. The zero-order valence-electron chi connectivity index (χ0n) is 16.0. The first-order valence-electron chi connectivity index (χ1n) is 9.98. The van der Waals surface area contributed by atoms with Crippen molar-refractivity contribution in [3.63, 3.8) is 0 Å². The van der Waals surface area contributed by atoms with Crippen LogP contribution in [0.5, 0.6) is 0 Å². The Morgan fingerprint density at radius 1 is 1.31 bits per heavy atom. The van der Waals surface area contributed by atoms with Crippen LogP contribution in [0.25, 0.3) is 10.9 Å². The van der Waals surface area contributed by atoms with E-state index in [1.807, 2.05) is 12.3 Å². The number of ether oxygens (including phenoxy) is 1. The summed E-state index contributed by atoms with van der Waals surface area (Å²) in [4.78, 5) is 18.3. The molecule has 1 aromatic carbocycles. The summed E-state index contributed by atoms with van der Waals surface area (Å²) in [5.41, 5.74) is 2.43. The lowest BCUT2D eigenvalue weighted by Gasteiger charge is -2.37. The lowest BCUT2D eigenvalue weighted by atomic mass is 9.82. The van der Waals surface area contributed by atoms with Crippen LogP contribution in [-0.2, 0) is 16.0 Å². The molecule has 2 fully saturated rings. The number of Topliss-reactive ketones (excluding diaryl/α,β-unsaturated/α-hetero) is 1. The summed E-state index contributed by atoms with van der Waals surface area (Å²) in [6, 6.07) is 8.30. The zero-order valence-corrected chi connectivity index (χ0v) is 16.0. The lowest BCUT2D eigenvalue weighted by Crippen LogP contribution is -2.42. The highest BCUT2D eigenvalue weighted by Gasteiger charge is 2.46. The molecule has 2 aromatic rings. The number of rotatable bonds is 5. The molecule has 0 amide bonds. The summed E-state index contributed by atoms with van der Waals surface area (Å²) in [7, 11) is 2.18. The third kappa shape index (κ3) is 3.58. The van der Waals surface area contributed by atoms with Gasteiger partial charge in [0.2, 0.25) is 0 Å². The number of hydrogen-bond acceptors (Lipinski definition) is 3. The van der Waals surface area contributed by atoms with Gasteiger partial charge in [-0.2, -0.15) is 0 Å². The summed E-state index contributed by atoms with van der Waals surface area (Å²) >= 11 is 0. The Balaban J connectivity index is 1.32. The van der Waals surface area contributed by atoms with Gasteiger partial charge in [-0.15, -0.1) is 0 Å². The van der Waals surface area contributed by atoms with Gasteiger partial charge >= 0.3 is 0 Å². The summed E-state index contributed by atoms with van der Waals surface area (Å²) in [5, 5.41) is 1.24. The molecule has 2 aliphatic heterocycles. The molecule has 0 radical (unpaired) electrons. The number of para-hydroxylation sites is 1. The number of nitrogens with one attached hydrogen (secondary N) is 1. The number of likely N-dealkylation sites (tertiary alicyclic amines) is 1. The van der Waals surface area contributed by atoms with Crippen molar-refractivity contribution in [3.8, 4) is 0 Å². The standard InChI is InChI=1S/C22H30N2O2/c1-16-18(14-22(26-16)9-11-24(2)12-10-22)13-19(25)8-7-17-15-23-21-6-4-3-5-20(17)21/h3-6,15-16,18,23H,7-14H2,1-2H3. The van der Waals surface area contributed by atoms with Gasteiger partial charge in [-0.05, 0) is 57.2 Å². The molecule has 1 spiro atoms. The number of hydrogen-bond donors (Lipinski definition) is 1. The average Bonchev–Trinajstić information content (AvgIpc) is 3.18. The molecule has 0 aliphatic carbocycles. The fourth-order valence-corrected chi connectivity index (χ4v) is 4.78. The molecule has 2 saturated heterocycles. The monoisotopic (exact) mass is 354 g/mol. The second-order valence-corrected chi connectivity index (χ2v) is 8.38.